The average molecular weight is 511 g/mol. The van der Waals surface area contributed by atoms with E-state index < -0.39 is 35.4 Å². The molecular formula is C27H25F3N4O3. The molecule has 2 unspecified atom stereocenters. The van der Waals surface area contributed by atoms with Crippen molar-refractivity contribution < 1.29 is 27.5 Å². The minimum Gasteiger partial charge on any atom is -0.496 e. The van der Waals surface area contributed by atoms with Crippen LogP contribution in [0.3, 0.4) is 0 Å². The van der Waals surface area contributed by atoms with Gasteiger partial charge in [0.15, 0.2) is 12.1 Å². The fourth-order valence-electron chi connectivity index (χ4n) is 4.08. The Balaban J connectivity index is 1.59. The zero-order valence-electron chi connectivity index (χ0n) is 20.6. The van der Waals surface area contributed by atoms with Gasteiger partial charge in [-0.3, -0.25) is 14.6 Å². The number of carbonyl (C=O) groups excluding carboxylic acids is 2. The van der Waals surface area contributed by atoms with Gasteiger partial charge in [0.1, 0.15) is 5.75 Å². The molecule has 4 rings (SSSR count). The second kappa shape index (κ2) is 10.0. The second-order valence-corrected chi connectivity index (χ2v) is 8.69. The molecule has 0 aliphatic carbocycles. The fourth-order valence-corrected chi connectivity index (χ4v) is 4.08. The van der Waals surface area contributed by atoms with Crippen LogP contribution < -0.4 is 15.1 Å². The summed E-state index contributed by atoms with van der Waals surface area (Å²) in [7, 11) is 1.53. The smallest absolute Gasteiger partial charge is 0.303 e. The molecule has 1 aromatic heterocycles. The van der Waals surface area contributed by atoms with Crippen molar-refractivity contribution in [3.63, 3.8) is 0 Å². The number of hydrogen-bond acceptors (Lipinski definition) is 5. The highest BCUT2D eigenvalue weighted by Crippen LogP contribution is 2.37. The first-order valence-electron chi connectivity index (χ1n) is 11.5. The number of nitrogens with one attached hydrogen (secondary N) is 1. The van der Waals surface area contributed by atoms with Gasteiger partial charge in [-0.2, -0.15) is 18.9 Å². The maximum absolute atomic E-state index is 14.1. The van der Waals surface area contributed by atoms with Crippen LogP contribution in [0.25, 0.3) is 11.3 Å². The van der Waals surface area contributed by atoms with Gasteiger partial charge in [-0.1, -0.05) is 18.2 Å². The number of halogens is 3. The SMILES string of the molecule is COc1ccc(N2N=C(C)C(C(=O)Nc3cccc(C(F)(F)C(C)F)c3)C2=O)cc1-c1ncccc1C. The number of hydrazone groups is 1. The largest absolute Gasteiger partial charge is 0.496 e. The van der Waals surface area contributed by atoms with Crippen LogP contribution in [0.5, 0.6) is 5.75 Å². The number of methoxy groups -OCH3 is 1. The molecule has 1 N–H and O–H groups in total. The highest BCUT2D eigenvalue weighted by atomic mass is 19.3. The molecule has 1 aliphatic rings. The molecule has 0 spiro atoms. The van der Waals surface area contributed by atoms with Crippen LogP contribution in [0.15, 0.2) is 65.9 Å². The summed E-state index contributed by atoms with van der Waals surface area (Å²) < 4.78 is 47.1. The Bertz CT molecular complexity index is 1390. The minimum absolute atomic E-state index is 0.0132. The monoisotopic (exact) mass is 510 g/mol. The van der Waals surface area contributed by atoms with Gasteiger partial charge >= 0.3 is 5.92 Å². The van der Waals surface area contributed by atoms with Gasteiger partial charge in [0.25, 0.3) is 5.91 Å². The third-order valence-corrected chi connectivity index (χ3v) is 6.10. The number of amides is 2. The summed E-state index contributed by atoms with van der Waals surface area (Å²) in [5, 5.41) is 7.88. The van der Waals surface area contributed by atoms with E-state index in [1.54, 1.807) is 24.4 Å². The van der Waals surface area contributed by atoms with E-state index in [2.05, 4.69) is 15.4 Å². The maximum atomic E-state index is 14.1. The highest BCUT2D eigenvalue weighted by molar-refractivity contribution is 6.28. The molecule has 2 heterocycles. The summed E-state index contributed by atoms with van der Waals surface area (Å²) in [5.74, 6) is -5.80. The summed E-state index contributed by atoms with van der Waals surface area (Å²) in [6.45, 7) is 4.19. The summed E-state index contributed by atoms with van der Waals surface area (Å²) in [5.41, 5.74) is 2.28. The number of aromatic nitrogens is 1. The number of carbonyl (C=O) groups is 2. The Morgan fingerprint density at radius 1 is 1.14 bits per heavy atom. The quantitative estimate of drug-likeness (QED) is 0.426. The van der Waals surface area contributed by atoms with Gasteiger partial charge in [-0.15, -0.1) is 0 Å². The molecule has 37 heavy (non-hydrogen) atoms. The fraction of sp³-hybridized carbons (Fsp3) is 0.259. The van der Waals surface area contributed by atoms with Gasteiger partial charge in [0.05, 0.1) is 24.2 Å². The number of rotatable bonds is 7. The number of nitrogens with zero attached hydrogens (tertiary/aromatic N) is 3. The average Bonchev–Trinajstić information content (AvgIpc) is 3.17. The van der Waals surface area contributed by atoms with Crippen LogP contribution in [0.2, 0.25) is 0 Å². The lowest BCUT2D eigenvalue weighted by atomic mass is 10.0. The molecule has 2 aromatic carbocycles. The first kappa shape index (κ1) is 25.9. The molecule has 0 bridgehead atoms. The number of anilines is 2. The molecule has 3 aromatic rings. The summed E-state index contributed by atoms with van der Waals surface area (Å²) in [6, 6.07) is 13.5. The molecule has 0 saturated carbocycles. The Morgan fingerprint density at radius 2 is 1.89 bits per heavy atom. The lowest BCUT2D eigenvalue weighted by Gasteiger charge is -2.19. The van der Waals surface area contributed by atoms with Crippen LogP contribution >= 0.6 is 0 Å². The van der Waals surface area contributed by atoms with Gasteiger partial charge in [-0.05, 0) is 62.7 Å². The van der Waals surface area contributed by atoms with Crippen LogP contribution in [0.1, 0.15) is 25.0 Å². The van der Waals surface area contributed by atoms with E-state index in [9.17, 15) is 22.8 Å². The van der Waals surface area contributed by atoms with Crippen molar-refractivity contribution >= 4 is 28.9 Å². The van der Waals surface area contributed by atoms with Crippen molar-refractivity contribution in [3.8, 4) is 17.0 Å². The molecule has 0 radical (unpaired) electrons. The predicted octanol–water partition coefficient (Wildman–Crippen LogP) is 5.49. The normalized spacial score (nSPS) is 16.4. The van der Waals surface area contributed by atoms with E-state index in [0.717, 1.165) is 29.6 Å². The van der Waals surface area contributed by atoms with Crippen LogP contribution in [0.4, 0.5) is 24.5 Å². The van der Waals surface area contributed by atoms with Gasteiger partial charge in [0.2, 0.25) is 5.91 Å². The van der Waals surface area contributed by atoms with Gasteiger partial charge < -0.3 is 10.1 Å². The van der Waals surface area contributed by atoms with Gasteiger partial charge in [-0.25, -0.2) is 4.39 Å². The molecule has 0 fully saturated rings. The van der Waals surface area contributed by atoms with Crippen molar-refractivity contribution in [2.75, 3.05) is 17.4 Å². The topological polar surface area (TPSA) is 83.9 Å². The van der Waals surface area contributed by atoms with Crippen LogP contribution in [0, 0.1) is 12.8 Å². The van der Waals surface area contributed by atoms with E-state index in [-0.39, 0.29) is 11.4 Å². The molecule has 7 nitrogen and oxygen atoms in total. The first-order valence-corrected chi connectivity index (χ1v) is 11.5. The van der Waals surface area contributed by atoms with Crippen molar-refractivity contribution in [3.05, 3.63) is 71.9 Å². The number of aryl methyl sites for hydroxylation is 1. The Hall–Kier alpha value is -4.21. The Morgan fingerprint density at radius 3 is 2.57 bits per heavy atom. The minimum atomic E-state index is -3.73. The van der Waals surface area contributed by atoms with Crippen LogP contribution in [-0.2, 0) is 15.5 Å². The van der Waals surface area contributed by atoms with E-state index in [1.165, 1.54) is 26.2 Å². The standard InChI is InChI=1S/C27H25F3N4O3/c1-15-7-6-12-31-24(15)21-14-20(10-11-22(21)37-4)34-26(36)23(16(2)33-34)25(35)32-19-9-5-8-18(13-19)27(29,30)17(3)28/h5-14,17,23H,1-4H3,(H,32,35). The number of ether oxygens (including phenoxy) is 1. The molecule has 192 valence electrons. The van der Waals surface area contributed by atoms with E-state index in [0.29, 0.717) is 22.7 Å². The van der Waals surface area contributed by atoms with Crippen molar-refractivity contribution in [2.24, 2.45) is 11.0 Å². The molecule has 10 heteroatoms. The summed E-state index contributed by atoms with van der Waals surface area (Å²) >= 11 is 0. The third-order valence-electron chi connectivity index (χ3n) is 6.10. The number of hydrogen-bond donors (Lipinski definition) is 1. The van der Waals surface area contributed by atoms with Crippen molar-refractivity contribution in [1.82, 2.24) is 4.98 Å². The third kappa shape index (κ3) is 4.91. The van der Waals surface area contributed by atoms with Crippen molar-refractivity contribution in [2.45, 2.75) is 32.9 Å². The molecule has 0 saturated heterocycles. The lowest BCUT2D eigenvalue weighted by molar-refractivity contribution is -0.127. The van der Waals surface area contributed by atoms with E-state index in [1.807, 2.05) is 19.1 Å². The molecule has 2 atom stereocenters. The zero-order valence-corrected chi connectivity index (χ0v) is 20.6. The first-order chi connectivity index (χ1) is 17.5. The molecular weight excluding hydrogens is 485 g/mol. The molecule has 2 amide bonds. The van der Waals surface area contributed by atoms with Gasteiger partial charge in [0, 0.05) is 23.0 Å². The summed E-state index contributed by atoms with van der Waals surface area (Å²) in [6.07, 6.45) is -0.765. The van der Waals surface area contributed by atoms with Crippen molar-refractivity contribution in [1.29, 1.82) is 0 Å². The van der Waals surface area contributed by atoms with E-state index >= 15 is 0 Å². The highest BCUT2D eigenvalue weighted by Gasteiger charge is 2.41. The summed E-state index contributed by atoms with van der Waals surface area (Å²) in [4.78, 5) is 30.7. The Kier molecular flexibility index (Phi) is 7.02. The zero-order chi connectivity index (χ0) is 26.9. The number of benzene rings is 2. The van der Waals surface area contributed by atoms with Crippen LogP contribution in [-0.4, -0.2) is 35.8 Å². The Labute approximate surface area is 212 Å². The molecule has 1 aliphatic heterocycles. The number of pyridine rings is 1. The second-order valence-electron chi connectivity index (χ2n) is 8.69. The predicted molar refractivity (Wildman–Crippen MR) is 135 cm³/mol. The number of alkyl halides is 3. The lowest BCUT2D eigenvalue weighted by Crippen LogP contribution is -2.36. The maximum Gasteiger partial charge on any atom is 0.303 e. The van der Waals surface area contributed by atoms with E-state index in [4.69, 9.17) is 4.74 Å².